The number of nitrogen functional groups attached to an aromatic ring is 1. The molecule has 1 aromatic rings. The van der Waals surface area contributed by atoms with Crippen molar-refractivity contribution in [1.82, 2.24) is 9.97 Å². The molecule has 188 valence electrons. The number of halogens is 1. The number of rotatable bonds is 13. The lowest BCUT2D eigenvalue weighted by Gasteiger charge is -2.25. The summed E-state index contributed by atoms with van der Waals surface area (Å²) in [7, 11) is 0. The van der Waals surface area contributed by atoms with Gasteiger partial charge in [-0.3, -0.25) is 0 Å². The molecular formula is C23H39IN4O4S. The van der Waals surface area contributed by atoms with Crippen LogP contribution in [0.3, 0.4) is 0 Å². The third kappa shape index (κ3) is 7.07. The van der Waals surface area contributed by atoms with Crippen molar-refractivity contribution >= 4 is 45.9 Å². The van der Waals surface area contributed by atoms with Crippen molar-refractivity contribution in [3.8, 4) is 0 Å². The van der Waals surface area contributed by atoms with E-state index in [-0.39, 0.29) is 30.5 Å². The number of ether oxygens (including phenoxy) is 4. The molecule has 0 radical (unpaired) electrons. The molecular weight excluding hydrogens is 555 g/mol. The third-order valence-electron chi connectivity index (χ3n) is 5.98. The predicted molar refractivity (Wildman–Crippen MR) is 141 cm³/mol. The molecule has 1 aliphatic heterocycles. The highest BCUT2D eigenvalue weighted by Gasteiger charge is 2.54. The molecule has 0 amide bonds. The molecule has 3 rings (SSSR count). The average Bonchev–Trinajstić information content (AvgIpc) is 3.27. The van der Waals surface area contributed by atoms with E-state index in [2.05, 4.69) is 53.7 Å². The maximum absolute atomic E-state index is 6.43. The van der Waals surface area contributed by atoms with E-state index in [4.69, 9.17) is 29.7 Å². The summed E-state index contributed by atoms with van der Waals surface area (Å²) in [5.41, 5.74) is 7.88. The molecule has 2 aliphatic rings. The zero-order valence-corrected chi connectivity index (χ0v) is 23.4. The second-order valence-electron chi connectivity index (χ2n) is 8.97. The maximum atomic E-state index is 6.43. The molecule has 33 heavy (non-hydrogen) atoms. The summed E-state index contributed by atoms with van der Waals surface area (Å²) < 4.78 is 25.4. The summed E-state index contributed by atoms with van der Waals surface area (Å²) in [6.45, 7) is 11.5. The van der Waals surface area contributed by atoms with Crippen molar-refractivity contribution < 1.29 is 18.9 Å². The second-order valence-corrected chi connectivity index (χ2v) is 10.8. The number of aromatic nitrogens is 2. The molecule has 2 fully saturated rings. The predicted octanol–water partition coefficient (Wildman–Crippen LogP) is 4.79. The van der Waals surface area contributed by atoms with Gasteiger partial charge in [-0.25, -0.2) is 9.97 Å². The van der Waals surface area contributed by atoms with Crippen molar-refractivity contribution in [2.45, 2.75) is 106 Å². The number of nitrogens with zero attached hydrogens (tertiary/aromatic N) is 2. The van der Waals surface area contributed by atoms with Crippen molar-refractivity contribution in [3.63, 3.8) is 0 Å². The lowest BCUT2D eigenvalue weighted by Crippen LogP contribution is -2.35. The minimum Gasteiger partial charge on any atom is -0.394 e. The number of hydrogen-bond acceptors (Lipinski definition) is 9. The maximum Gasteiger partial charge on any atom is 0.189 e. The minimum atomic E-state index is -0.657. The Morgan fingerprint density at radius 3 is 2.58 bits per heavy atom. The zero-order chi connectivity index (χ0) is 24.0. The zero-order valence-electron chi connectivity index (χ0n) is 20.4. The van der Waals surface area contributed by atoms with E-state index >= 15 is 0 Å². The molecule has 0 unspecified atom stereocenters. The number of thioether (sulfide) groups is 1. The molecule has 1 aliphatic carbocycles. The van der Waals surface area contributed by atoms with Gasteiger partial charge in [-0.05, 0) is 39.5 Å². The Labute approximate surface area is 216 Å². The molecule has 0 spiro atoms. The van der Waals surface area contributed by atoms with Crippen molar-refractivity contribution in [2.75, 3.05) is 30.0 Å². The van der Waals surface area contributed by atoms with Crippen molar-refractivity contribution in [1.29, 1.82) is 0 Å². The van der Waals surface area contributed by atoms with Gasteiger partial charge < -0.3 is 30.0 Å². The molecule has 1 saturated heterocycles. The van der Waals surface area contributed by atoms with Crippen LogP contribution in [0.15, 0.2) is 5.16 Å². The first-order chi connectivity index (χ1) is 15.8. The number of hydrogen-bond donors (Lipinski definition) is 2. The number of alkyl halides is 1. The van der Waals surface area contributed by atoms with E-state index in [1.165, 1.54) is 0 Å². The third-order valence-corrected chi connectivity index (χ3v) is 7.76. The molecule has 8 nitrogen and oxygen atoms in total. The molecule has 1 aromatic heterocycles. The standard InChI is InChI=1S/C23H39IN4O4S/c1-6-11-33-22-27-16(13-24)18(25)21(28-22)26-15-12-17(20-19(15)31-23(4,5)32-20)30-10-9-29-14(7-2)8-3/h14-15,17,19-20H,6-13,25H2,1-5H3,(H,26,27,28)/t15-,17+,19+,20-/m1/s1. The molecule has 1 saturated carbocycles. The SMILES string of the molecule is CCCSc1nc(CI)c(N)c(N[C@@H]2C[C@H](OCCOC(CC)CC)[C@H]3OC(C)(C)O[C@H]32)n1. The number of nitrogens with one attached hydrogen (secondary N) is 1. The van der Waals surface area contributed by atoms with Crippen LogP contribution in [0.5, 0.6) is 0 Å². The summed E-state index contributed by atoms with van der Waals surface area (Å²) in [5, 5.41) is 4.31. The van der Waals surface area contributed by atoms with E-state index in [9.17, 15) is 0 Å². The summed E-state index contributed by atoms with van der Waals surface area (Å²) in [4.78, 5) is 9.36. The van der Waals surface area contributed by atoms with Crippen molar-refractivity contribution in [2.24, 2.45) is 0 Å². The van der Waals surface area contributed by atoms with Gasteiger partial charge >= 0.3 is 0 Å². The Balaban J connectivity index is 1.70. The van der Waals surface area contributed by atoms with Crippen LogP contribution < -0.4 is 11.1 Å². The average molecular weight is 595 g/mol. The van der Waals surface area contributed by atoms with Gasteiger partial charge in [-0.15, -0.1) is 0 Å². The van der Waals surface area contributed by atoms with E-state index in [1.54, 1.807) is 11.8 Å². The lowest BCUT2D eigenvalue weighted by atomic mass is 10.2. The van der Waals surface area contributed by atoms with Crippen LogP contribution in [0, 0.1) is 0 Å². The summed E-state index contributed by atoms with van der Waals surface area (Å²) >= 11 is 3.95. The molecule has 3 N–H and O–H groups in total. The molecule has 0 bridgehead atoms. The van der Waals surface area contributed by atoms with Crippen LogP contribution in [0.4, 0.5) is 11.5 Å². The van der Waals surface area contributed by atoms with Gasteiger partial charge in [-0.1, -0.05) is 55.1 Å². The fraction of sp³-hybridized carbons (Fsp3) is 0.826. The normalized spacial score (nSPS) is 26.2. The van der Waals surface area contributed by atoms with Gasteiger partial charge in [0.25, 0.3) is 0 Å². The Morgan fingerprint density at radius 1 is 1.18 bits per heavy atom. The van der Waals surface area contributed by atoms with Crippen LogP contribution in [0.1, 0.15) is 66.0 Å². The Bertz CT molecular complexity index is 768. The Morgan fingerprint density at radius 2 is 1.91 bits per heavy atom. The Kier molecular flexibility index (Phi) is 10.3. The quantitative estimate of drug-likeness (QED) is 0.110. The fourth-order valence-corrected chi connectivity index (χ4v) is 5.61. The molecule has 4 atom stereocenters. The summed E-state index contributed by atoms with van der Waals surface area (Å²) in [6, 6.07) is -0.0231. The van der Waals surface area contributed by atoms with Gasteiger partial charge in [0.05, 0.1) is 42.8 Å². The van der Waals surface area contributed by atoms with Crippen LogP contribution in [0.25, 0.3) is 0 Å². The highest BCUT2D eigenvalue weighted by atomic mass is 127. The van der Waals surface area contributed by atoms with Gasteiger partial charge in [0.2, 0.25) is 0 Å². The number of anilines is 2. The van der Waals surface area contributed by atoms with E-state index in [0.717, 1.165) is 46.7 Å². The van der Waals surface area contributed by atoms with Gasteiger partial charge in [-0.2, -0.15) is 0 Å². The lowest BCUT2D eigenvalue weighted by molar-refractivity contribution is -0.168. The van der Waals surface area contributed by atoms with Crippen LogP contribution in [-0.2, 0) is 23.4 Å². The van der Waals surface area contributed by atoms with E-state index < -0.39 is 5.79 Å². The first kappa shape index (κ1) is 27.2. The molecule has 10 heteroatoms. The first-order valence-electron chi connectivity index (χ1n) is 12.0. The fourth-order valence-electron chi connectivity index (χ4n) is 4.32. The van der Waals surface area contributed by atoms with Gasteiger partial charge in [0.1, 0.15) is 12.2 Å². The monoisotopic (exact) mass is 594 g/mol. The van der Waals surface area contributed by atoms with Crippen LogP contribution >= 0.6 is 34.4 Å². The summed E-state index contributed by atoms with van der Waals surface area (Å²) in [6.07, 6.45) is 3.75. The van der Waals surface area contributed by atoms with Crippen molar-refractivity contribution in [3.05, 3.63) is 5.69 Å². The molecule has 0 aromatic carbocycles. The highest BCUT2D eigenvalue weighted by molar-refractivity contribution is 14.1. The molecule has 2 heterocycles. The van der Waals surface area contributed by atoms with Gasteiger partial charge in [0, 0.05) is 10.2 Å². The van der Waals surface area contributed by atoms with E-state index in [0.29, 0.717) is 24.7 Å². The topological polar surface area (TPSA) is 101 Å². The Hall–Kier alpha value is -0.400. The highest BCUT2D eigenvalue weighted by Crippen LogP contribution is 2.41. The minimum absolute atomic E-state index is 0.0231. The second kappa shape index (κ2) is 12.5. The smallest absolute Gasteiger partial charge is 0.189 e. The first-order valence-corrected chi connectivity index (χ1v) is 14.5. The van der Waals surface area contributed by atoms with Crippen LogP contribution in [-0.4, -0.2) is 65.2 Å². The summed E-state index contributed by atoms with van der Waals surface area (Å²) in [5.74, 6) is 0.985. The number of fused-ring (bicyclic) bond motifs is 1. The number of nitrogens with two attached hydrogens (primary N) is 1. The van der Waals surface area contributed by atoms with Gasteiger partial charge in [0.15, 0.2) is 16.8 Å². The largest absolute Gasteiger partial charge is 0.394 e. The van der Waals surface area contributed by atoms with Crippen LogP contribution in [0.2, 0.25) is 0 Å². The van der Waals surface area contributed by atoms with E-state index in [1.807, 2.05) is 13.8 Å².